The maximum Gasteiger partial charge on any atom is 0.307 e. The Kier molecular flexibility index (Phi) is 12.6. The minimum Gasteiger partial charge on any atom is -0.469 e. The predicted octanol–water partition coefficient (Wildman–Crippen LogP) is 2.31. The summed E-state index contributed by atoms with van der Waals surface area (Å²) in [5, 5.41) is 0. The van der Waals surface area contributed by atoms with E-state index >= 15 is 0 Å². The number of carbonyl (C=O) groups is 2. The van der Waals surface area contributed by atoms with Gasteiger partial charge in [-0.05, 0) is 40.3 Å². The number of nitrogens with zero attached hydrogens (tertiary/aromatic N) is 2. The van der Waals surface area contributed by atoms with Crippen LogP contribution >= 0.6 is 0 Å². The summed E-state index contributed by atoms with van der Waals surface area (Å²) in [4.78, 5) is 27.6. The molecule has 0 heterocycles. The lowest BCUT2D eigenvalue weighted by molar-refractivity contribution is -0.144. The van der Waals surface area contributed by atoms with E-state index in [0.717, 1.165) is 19.5 Å². The van der Waals surface area contributed by atoms with Gasteiger partial charge in [-0.2, -0.15) is 0 Å². The summed E-state index contributed by atoms with van der Waals surface area (Å²) < 4.78 is 10.0. The Balaban J connectivity index is 4.06. The van der Waals surface area contributed by atoms with Gasteiger partial charge in [0.25, 0.3) is 0 Å². The zero-order chi connectivity index (χ0) is 18.5. The average molecular weight is 344 g/mol. The summed E-state index contributed by atoms with van der Waals surface area (Å²) in [6.45, 7) is 14.2. The standard InChI is InChI=1S/C18H36N2O4/c1-7-19(8-2)16(5)11-14-24-18(22)10-13-20(15(3)4)12-9-17(21)23-6/h15-16H,7-14H2,1-6H3. The van der Waals surface area contributed by atoms with Crippen molar-refractivity contribution in [2.24, 2.45) is 0 Å². The Morgan fingerprint density at radius 2 is 1.46 bits per heavy atom. The first-order valence-corrected chi connectivity index (χ1v) is 9.06. The maximum atomic E-state index is 11.9. The minimum absolute atomic E-state index is 0.175. The largest absolute Gasteiger partial charge is 0.469 e. The highest BCUT2D eigenvalue weighted by Gasteiger charge is 2.15. The first kappa shape index (κ1) is 22.9. The molecule has 0 amide bonds. The topological polar surface area (TPSA) is 59.1 Å². The smallest absolute Gasteiger partial charge is 0.307 e. The van der Waals surface area contributed by atoms with Crippen LogP contribution in [0.1, 0.15) is 53.9 Å². The SMILES string of the molecule is CCN(CC)C(C)CCOC(=O)CCN(CCC(=O)OC)C(C)C. The Morgan fingerprint density at radius 1 is 0.917 bits per heavy atom. The van der Waals surface area contributed by atoms with E-state index in [-0.39, 0.29) is 18.0 Å². The molecule has 0 fully saturated rings. The maximum absolute atomic E-state index is 11.9. The lowest BCUT2D eigenvalue weighted by Gasteiger charge is -2.26. The molecule has 0 aliphatic carbocycles. The molecule has 6 heteroatoms. The van der Waals surface area contributed by atoms with E-state index in [4.69, 9.17) is 4.74 Å². The molecule has 0 saturated carbocycles. The van der Waals surface area contributed by atoms with Crippen LogP contribution in [-0.4, -0.2) is 73.7 Å². The summed E-state index contributed by atoms with van der Waals surface area (Å²) in [5.74, 6) is -0.404. The highest BCUT2D eigenvalue weighted by atomic mass is 16.5. The van der Waals surface area contributed by atoms with E-state index in [9.17, 15) is 9.59 Å². The lowest BCUT2D eigenvalue weighted by atomic mass is 10.2. The fourth-order valence-electron chi connectivity index (χ4n) is 2.65. The Morgan fingerprint density at radius 3 is 1.92 bits per heavy atom. The summed E-state index contributed by atoms with van der Waals surface area (Å²) in [6.07, 6.45) is 1.54. The van der Waals surface area contributed by atoms with Crippen molar-refractivity contribution in [3.05, 3.63) is 0 Å². The predicted molar refractivity (Wildman–Crippen MR) is 95.9 cm³/mol. The lowest BCUT2D eigenvalue weighted by Crippen LogP contribution is -2.35. The van der Waals surface area contributed by atoms with Crippen LogP contribution in [0.25, 0.3) is 0 Å². The van der Waals surface area contributed by atoms with Crippen LogP contribution in [0, 0.1) is 0 Å². The fraction of sp³-hybridized carbons (Fsp3) is 0.889. The second-order valence-corrected chi connectivity index (χ2v) is 6.29. The monoisotopic (exact) mass is 344 g/mol. The molecule has 142 valence electrons. The molecule has 0 bridgehead atoms. The van der Waals surface area contributed by atoms with E-state index in [1.54, 1.807) is 0 Å². The highest BCUT2D eigenvalue weighted by molar-refractivity contribution is 5.70. The molecule has 0 aromatic carbocycles. The normalized spacial score (nSPS) is 12.7. The highest BCUT2D eigenvalue weighted by Crippen LogP contribution is 2.06. The molecule has 24 heavy (non-hydrogen) atoms. The van der Waals surface area contributed by atoms with Crippen LogP contribution in [-0.2, 0) is 19.1 Å². The van der Waals surface area contributed by atoms with Gasteiger partial charge in [-0.25, -0.2) is 0 Å². The number of rotatable bonds is 13. The van der Waals surface area contributed by atoms with Gasteiger partial charge in [0.15, 0.2) is 0 Å². The van der Waals surface area contributed by atoms with E-state index in [2.05, 4.69) is 35.3 Å². The number of methoxy groups -OCH3 is 1. The molecule has 6 nitrogen and oxygen atoms in total. The van der Waals surface area contributed by atoms with Gasteiger partial charge < -0.3 is 14.4 Å². The molecule has 0 rings (SSSR count). The van der Waals surface area contributed by atoms with Gasteiger partial charge in [-0.15, -0.1) is 0 Å². The van der Waals surface area contributed by atoms with Gasteiger partial charge in [0, 0.05) is 25.2 Å². The Hall–Kier alpha value is -1.14. The summed E-state index contributed by atoms with van der Waals surface area (Å²) in [7, 11) is 1.39. The van der Waals surface area contributed by atoms with Gasteiger partial charge in [0.2, 0.25) is 0 Å². The minimum atomic E-state index is -0.228. The number of hydrogen-bond acceptors (Lipinski definition) is 6. The van der Waals surface area contributed by atoms with Gasteiger partial charge in [0.1, 0.15) is 0 Å². The van der Waals surface area contributed by atoms with Gasteiger partial charge >= 0.3 is 11.9 Å². The zero-order valence-electron chi connectivity index (χ0n) is 16.3. The van der Waals surface area contributed by atoms with Crippen molar-refractivity contribution in [1.29, 1.82) is 0 Å². The average Bonchev–Trinajstić information content (AvgIpc) is 2.55. The molecule has 1 atom stereocenters. The number of hydrogen-bond donors (Lipinski definition) is 0. The molecule has 0 spiro atoms. The van der Waals surface area contributed by atoms with E-state index in [0.29, 0.717) is 38.6 Å². The molecule has 0 aromatic rings. The Bertz CT molecular complexity index is 357. The zero-order valence-corrected chi connectivity index (χ0v) is 16.3. The number of ether oxygens (including phenoxy) is 2. The van der Waals surface area contributed by atoms with Crippen LogP contribution in [0.2, 0.25) is 0 Å². The fourth-order valence-corrected chi connectivity index (χ4v) is 2.65. The van der Waals surface area contributed by atoms with Crippen molar-refractivity contribution in [2.75, 3.05) is 39.9 Å². The van der Waals surface area contributed by atoms with Crippen LogP contribution in [0.15, 0.2) is 0 Å². The van der Waals surface area contributed by atoms with Crippen molar-refractivity contribution in [3.63, 3.8) is 0 Å². The third-order valence-electron chi connectivity index (χ3n) is 4.40. The molecular formula is C18H36N2O4. The van der Waals surface area contributed by atoms with Crippen LogP contribution in [0.3, 0.4) is 0 Å². The van der Waals surface area contributed by atoms with E-state index < -0.39 is 0 Å². The second kappa shape index (κ2) is 13.2. The molecule has 0 saturated heterocycles. The molecule has 0 N–H and O–H groups in total. The third kappa shape index (κ3) is 9.88. The molecule has 0 aliphatic heterocycles. The van der Waals surface area contributed by atoms with Crippen molar-refractivity contribution in [2.45, 2.75) is 66.0 Å². The Labute approximate surface area is 147 Å². The van der Waals surface area contributed by atoms with E-state index in [1.807, 2.05) is 13.8 Å². The molecular weight excluding hydrogens is 308 g/mol. The second-order valence-electron chi connectivity index (χ2n) is 6.29. The van der Waals surface area contributed by atoms with Gasteiger partial charge in [0.05, 0.1) is 26.6 Å². The summed E-state index contributed by atoms with van der Waals surface area (Å²) in [5.41, 5.74) is 0. The van der Waals surface area contributed by atoms with Crippen LogP contribution in [0.4, 0.5) is 0 Å². The summed E-state index contributed by atoms with van der Waals surface area (Å²) in [6, 6.07) is 0.685. The number of carbonyl (C=O) groups excluding carboxylic acids is 2. The third-order valence-corrected chi connectivity index (χ3v) is 4.40. The first-order chi connectivity index (χ1) is 11.3. The van der Waals surface area contributed by atoms with Crippen molar-refractivity contribution in [1.82, 2.24) is 9.80 Å². The first-order valence-electron chi connectivity index (χ1n) is 9.06. The molecule has 0 radical (unpaired) electrons. The summed E-state index contributed by atoms with van der Waals surface area (Å²) >= 11 is 0. The van der Waals surface area contributed by atoms with Crippen LogP contribution < -0.4 is 0 Å². The van der Waals surface area contributed by atoms with Crippen molar-refractivity contribution >= 4 is 11.9 Å². The molecule has 1 unspecified atom stereocenters. The van der Waals surface area contributed by atoms with Gasteiger partial charge in [-0.3, -0.25) is 14.5 Å². The van der Waals surface area contributed by atoms with Crippen molar-refractivity contribution in [3.8, 4) is 0 Å². The van der Waals surface area contributed by atoms with E-state index in [1.165, 1.54) is 7.11 Å². The quantitative estimate of drug-likeness (QED) is 0.478. The molecule has 0 aliphatic rings. The van der Waals surface area contributed by atoms with Gasteiger partial charge in [-0.1, -0.05) is 13.8 Å². The molecule has 0 aromatic heterocycles. The van der Waals surface area contributed by atoms with Crippen molar-refractivity contribution < 1.29 is 19.1 Å². The number of esters is 2. The van der Waals surface area contributed by atoms with Crippen LogP contribution in [0.5, 0.6) is 0 Å².